The molecular weight excluding hydrogens is 663 g/mol. The van der Waals surface area contributed by atoms with Gasteiger partial charge in [0.15, 0.2) is 0 Å². The number of ether oxygens (including phenoxy) is 1. The molecule has 5 aromatic rings. The third-order valence-electron chi connectivity index (χ3n) is 9.27. The number of pyridine rings is 2. The fourth-order valence-electron chi connectivity index (χ4n) is 6.45. The van der Waals surface area contributed by atoms with Crippen molar-refractivity contribution in [3.8, 4) is 39.4 Å². The van der Waals surface area contributed by atoms with Crippen LogP contribution in [0.3, 0.4) is 0 Å². The first-order valence-corrected chi connectivity index (χ1v) is 17.1. The molecule has 252 valence electrons. The number of carbonyl (C=O) groups is 1. The second-order valence-electron chi connectivity index (χ2n) is 12.6. The Morgan fingerprint density at radius 2 is 1.69 bits per heavy atom. The zero-order valence-corrected chi connectivity index (χ0v) is 28.4. The molecule has 0 bridgehead atoms. The average Bonchev–Trinajstić information content (AvgIpc) is 3.52. The molecule has 49 heavy (non-hydrogen) atoms. The van der Waals surface area contributed by atoms with Crippen LogP contribution in [0.4, 0.5) is 0 Å². The molecule has 2 aromatic carbocycles. The highest BCUT2D eigenvalue weighted by Gasteiger charge is 2.27. The lowest BCUT2D eigenvalue weighted by molar-refractivity contribution is -0.119. The van der Waals surface area contributed by atoms with Crippen LogP contribution in [0.5, 0.6) is 5.88 Å². The van der Waals surface area contributed by atoms with E-state index in [1.807, 2.05) is 60.7 Å². The summed E-state index contributed by atoms with van der Waals surface area (Å²) in [4.78, 5) is 34.0. The quantitative estimate of drug-likeness (QED) is 0.145. The summed E-state index contributed by atoms with van der Waals surface area (Å²) >= 11 is 14.2. The number of carbonyl (C=O) groups excluding carboxylic acids is 1. The molecule has 0 radical (unpaired) electrons. The smallest absolute Gasteiger partial charge is 0.262 e. The second kappa shape index (κ2) is 14.3. The Kier molecular flexibility index (Phi) is 9.66. The van der Waals surface area contributed by atoms with Gasteiger partial charge < -0.3 is 25.8 Å². The predicted octanol–water partition coefficient (Wildman–Crippen LogP) is 5.39. The Morgan fingerprint density at radius 1 is 0.959 bits per heavy atom. The first kappa shape index (κ1) is 33.2. The predicted molar refractivity (Wildman–Crippen MR) is 191 cm³/mol. The molecule has 7 rings (SSSR count). The van der Waals surface area contributed by atoms with E-state index >= 15 is 0 Å². The van der Waals surface area contributed by atoms with E-state index in [9.17, 15) is 14.7 Å². The molecule has 0 unspecified atom stereocenters. The lowest BCUT2D eigenvalue weighted by atomic mass is 9.89. The molecule has 3 aromatic heterocycles. The first-order chi connectivity index (χ1) is 23.8. The number of hydrogen-bond donors (Lipinski definition) is 4. The number of hydrogen-bond acceptors (Lipinski definition) is 8. The summed E-state index contributed by atoms with van der Waals surface area (Å²) in [6, 6.07) is 19.5. The third-order valence-corrected chi connectivity index (χ3v) is 10.1. The summed E-state index contributed by atoms with van der Waals surface area (Å²) in [5, 5.41) is 20.2. The van der Waals surface area contributed by atoms with Crippen molar-refractivity contribution in [2.75, 3.05) is 13.7 Å². The molecule has 4 N–H and O–H groups in total. The van der Waals surface area contributed by atoms with E-state index in [-0.39, 0.29) is 23.6 Å². The number of nitrogens with one attached hydrogen (secondary N) is 3. The summed E-state index contributed by atoms with van der Waals surface area (Å²) in [5.41, 5.74) is 6.31. The Balaban J connectivity index is 1.12. The number of aromatic nitrogens is 3. The Hall–Kier alpha value is -4.32. The number of rotatable bonds is 11. The van der Waals surface area contributed by atoms with E-state index in [0.717, 1.165) is 52.6 Å². The van der Waals surface area contributed by atoms with Crippen molar-refractivity contribution in [2.24, 2.45) is 0 Å². The van der Waals surface area contributed by atoms with E-state index in [2.05, 4.69) is 20.9 Å². The summed E-state index contributed by atoms with van der Waals surface area (Å²) in [7, 11) is 1.60. The largest absolute Gasteiger partial charge is 0.481 e. The summed E-state index contributed by atoms with van der Waals surface area (Å²) in [5.74, 6) is 0.575. The maximum absolute atomic E-state index is 13.2. The van der Waals surface area contributed by atoms with Gasteiger partial charge in [0.2, 0.25) is 11.8 Å². The fourth-order valence-corrected chi connectivity index (χ4v) is 7.12. The monoisotopic (exact) mass is 698 g/mol. The number of fused-ring (bicyclic) bond motifs is 1. The molecule has 4 heterocycles. The van der Waals surface area contributed by atoms with Gasteiger partial charge in [-0.15, -0.1) is 0 Å². The minimum atomic E-state index is -0.221. The summed E-state index contributed by atoms with van der Waals surface area (Å²) in [6.07, 6.45) is 5.92. The van der Waals surface area contributed by atoms with Crippen molar-refractivity contribution in [3.63, 3.8) is 0 Å². The molecule has 1 saturated heterocycles. The van der Waals surface area contributed by atoms with Crippen LogP contribution in [0.25, 0.3) is 39.2 Å². The zero-order chi connectivity index (χ0) is 34.1. The van der Waals surface area contributed by atoms with Gasteiger partial charge in [-0.05, 0) is 43.0 Å². The number of nitrogens with zero attached hydrogens (tertiary/aromatic N) is 3. The van der Waals surface area contributed by atoms with Crippen LogP contribution in [-0.4, -0.2) is 57.2 Å². The fraction of sp³-hybridized carbons (Fsp3) is 0.297. The molecule has 10 nitrogen and oxygen atoms in total. The van der Waals surface area contributed by atoms with Crippen molar-refractivity contribution < 1.29 is 14.6 Å². The average molecular weight is 700 g/mol. The summed E-state index contributed by atoms with van der Waals surface area (Å²) in [6.45, 7) is 1.53. The van der Waals surface area contributed by atoms with Gasteiger partial charge in [-0.2, -0.15) is 0 Å². The summed E-state index contributed by atoms with van der Waals surface area (Å²) < 4.78 is 7.15. The van der Waals surface area contributed by atoms with Gasteiger partial charge in [0.1, 0.15) is 5.65 Å². The van der Waals surface area contributed by atoms with E-state index in [1.54, 1.807) is 19.5 Å². The van der Waals surface area contributed by atoms with Gasteiger partial charge in [-0.3, -0.25) is 14.0 Å². The van der Waals surface area contributed by atoms with Crippen molar-refractivity contribution in [3.05, 3.63) is 105 Å². The maximum atomic E-state index is 13.2. The van der Waals surface area contributed by atoms with Gasteiger partial charge >= 0.3 is 0 Å². The highest BCUT2D eigenvalue weighted by atomic mass is 35.5. The molecule has 0 spiro atoms. The molecular formula is C37H36Cl2N6O4. The normalized spacial score (nSPS) is 18.8. The van der Waals surface area contributed by atoms with Crippen molar-refractivity contribution in [2.45, 2.75) is 57.0 Å². The Labute approximate surface area is 293 Å². The number of aliphatic hydroxyl groups excluding tert-OH is 1. The van der Waals surface area contributed by atoms with Gasteiger partial charge in [-0.1, -0.05) is 65.7 Å². The van der Waals surface area contributed by atoms with Crippen LogP contribution >= 0.6 is 23.2 Å². The van der Waals surface area contributed by atoms with Crippen molar-refractivity contribution in [1.29, 1.82) is 0 Å². The number of halogens is 2. The molecule has 1 aliphatic carbocycles. The van der Waals surface area contributed by atoms with Crippen LogP contribution in [0.15, 0.2) is 77.9 Å². The first-order valence-electron chi connectivity index (χ1n) is 16.3. The van der Waals surface area contributed by atoms with Crippen molar-refractivity contribution >= 4 is 34.8 Å². The van der Waals surface area contributed by atoms with E-state index in [4.69, 9.17) is 32.9 Å². The molecule has 2 fully saturated rings. The number of benzene rings is 2. The lowest BCUT2D eigenvalue weighted by Crippen LogP contribution is -2.43. The Bertz CT molecular complexity index is 2100. The van der Waals surface area contributed by atoms with Crippen molar-refractivity contribution in [1.82, 2.24) is 30.3 Å². The molecule has 2 aliphatic rings. The standard InChI is InChI=1S/C37H36Cl2N6O4/c1-49-36-22(18-41-25-15-26(46)16-25)8-10-31(44-36)30-7-3-6-29(35(30)39)28-5-2-4-27(34(28)38)21-12-13-45-32(14-21)42-19-23(37(45)48)17-40-20-24-9-11-33(47)43-24/h2-8,10,12-14,19,24-26,40-41,46H,9,11,15-18,20H2,1H3,(H,43,47)/t24-,25?,26?/m1/s1. The molecule has 1 amide bonds. The van der Waals surface area contributed by atoms with E-state index in [0.29, 0.717) is 64.9 Å². The van der Waals surface area contributed by atoms with Gasteiger partial charge in [-0.25, -0.2) is 9.97 Å². The molecule has 1 aliphatic heterocycles. The number of amides is 1. The Morgan fingerprint density at radius 3 is 2.41 bits per heavy atom. The maximum Gasteiger partial charge on any atom is 0.262 e. The number of aliphatic hydroxyl groups is 1. The van der Waals surface area contributed by atoms with Gasteiger partial charge in [0.05, 0.1) is 29.0 Å². The van der Waals surface area contributed by atoms with Crippen LogP contribution in [0.2, 0.25) is 10.0 Å². The lowest BCUT2D eigenvalue weighted by Gasteiger charge is -2.32. The minimum Gasteiger partial charge on any atom is -0.481 e. The molecule has 1 saturated carbocycles. The van der Waals surface area contributed by atoms with Gasteiger partial charge in [0, 0.05) is 83.9 Å². The third kappa shape index (κ3) is 6.92. The van der Waals surface area contributed by atoms with Crippen LogP contribution < -0.4 is 26.2 Å². The highest BCUT2D eigenvalue weighted by Crippen LogP contribution is 2.42. The number of methoxy groups -OCH3 is 1. The van der Waals surface area contributed by atoms with Gasteiger partial charge in [0.25, 0.3) is 5.56 Å². The zero-order valence-electron chi connectivity index (χ0n) is 26.9. The topological polar surface area (TPSA) is 130 Å². The van der Waals surface area contributed by atoms with Crippen LogP contribution in [0.1, 0.15) is 36.8 Å². The van der Waals surface area contributed by atoms with E-state index in [1.165, 1.54) is 4.40 Å². The second-order valence-corrected chi connectivity index (χ2v) is 13.3. The van der Waals surface area contributed by atoms with Crippen LogP contribution in [0, 0.1) is 0 Å². The van der Waals surface area contributed by atoms with E-state index < -0.39 is 0 Å². The van der Waals surface area contributed by atoms with Crippen LogP contribution in [-0.2, 0) is 17.9 Å². The SMILES string of the molecule is COc1nc(-c2cccc(-c3cccc(-c4ccn5c(=O)c(CNC[C@H]6CCC(=O)N6)cnc5c4)c3Cl)c2Cl)ccc1CNC1CC(O)C1. The molecule has 12 heteroatoms. The molecule has 1 atom stereocenters. The minimum absolute atomic E-state index is 0.0629. The highest BCUT2D eigenvalue weighted by molar-refractivity contribution is 6.39.